The molecule has 6 rings (SSSR count). The van der Waals surface area contributed by atoms with Gasteiger partial charge >= 0.3 is 0 Å². The van der Waals surface area contributed by atoms with Gasteiger partial charge in [0.15, 0.2) is 0 Å². The number of aromatic nitrogens is 2. The molecule has 1 unspecified atom stereocenters. The van der Waals surface area contributed by atoms with Crippen molar-refractivity contribution in [2.24, 2.45) is 5.92 Å². The van der Waals surface area contributed by atoms with E-state index >= 15 is 0 Å². The minimum Gasteiger partial charge on any atom is -0.330 e. The molecule has 4 heterocycles. The van der Waals surface area contributed by atoms with Crippen LogP contribution in [0.25, 0.3) is 22.0 Å². The van der Waals surface area contributed by atoms with Crippen molar-refractivity contribution in [2.45, 2.75) is 30.3 Å². The van der Waals surface area contributed by atoms with E-state index in [9.17, 15) is 4.79 Å². The molecule has 1 saturated heterocycles. The number of hydrogen-bond donors (Lipinski definition) is 1. The van der Waals surface area contributed by atoms with Gasteiger partial charge in [-0.15, -0.1) is 11.8 Å². The van der Waals surface area contributed by atoms with Crippen molar-refractivity contribution < 1.29 is 4.90 Å². The molecule has 0 aliphatic carbocycles. The monoisotopic (exact) mass is 454 g/mol. The number of hydrogen-bond acceptors (Lipinski definition) is 3. The van der Waals surface area contributed by atoms with Crippen LogP contribution >= 0.6 is 11.8 Å². The average molecular weight is 455 g/mol. The van der Waals surface area contributed by atoms with Crippen molar-refractivity contribution in [1.29, 1.82) is 0 Å². The molecule has 2 aliphatic rings. The highest BCUT2D eigenvalue weighted by Gasteiger charge is 2.37. The van der Waals surface area contributed by atoms with Crippen molar-refractivity contribution in [3.8, 4) is 11.1 Å². The lowest BCUT2D eigenvalue weighted by Crippen LogP contribution is -3.13. The number of nitrogens with one attached hydrogen (secondary N) is 1. The molecule has 0 amide bonds. The number of thioether (sulfide) groups is 1. The predicted octanol–water partition coefficient (Wildman–Crippen LogP) is 3.99. The number of quaternary nitrogens is 1. The summed E-state index contributed by atoms with van der Waals surface area (Å²) in [6.07, 6.45) is 5.30. The minimum atomic E-state index is 0.168. The Morgan fingerprint density at radius 2 is 1.91 bits per heavy atom. The van der Waals surface area contributed by atoms with Crippen LogP contribution in [0, 0.1) is 5.92 Å². The Kier molecular flexibility index (Phi) is 5.31. The van der Waals surface area contributed by atoms with Crippen molar-refractivity contribution in [3.63, 3.8) is 0 Å². The summed E-state index contributed by atoms with van der Waals surface area (Å²) in [5.74, 6) is 0.994. The van der Waals surface area contributed by atoms with Crippen molar-refractivity contribution in [3.05, 3.63) is 94.5 Å². The number of fused-ring (bicyclic) bond motifs is 5. The fraction of sp³-hybridized carbons (Fsp3) is 0.286. The van der Waals surface area contributed by atoms with Gasteiger partial charge in [0.2, 0.25) is 0 Å². The van der Waals surface area contributed by atoms with E-state index in [-0.39, 0.29) is 5.56 Å². The number of pyridine rings is 2. The predicted molar refractivity (Wildman–Crippen MR) is 135 cm³/mol. The standard InChI is InChI=1S/C28H27N3OS/c1-33-24-8-6-21(7-9-24)25-10-11-27-23-13-20(17-31(27)28(25)32)16-30(18-23)15-19-12-22-4-2-3-5-26(22)29-14-19/h2-12,14,20,23H,13,15-18H2,1H3/p+1/t20-,23+/m0/s1. The van der Waals surface area contributed by atoms with E-state index in [2.05, 4.69) is 70.4 Å². The average Bonchev–Trinajstić information content (AvgIpc) is 2.85. The molecule has 0 radical (unpaired) electrons. The van der Waals surface area contributed by atoms with E-state index in [1.807, 2.05) is 18.3 Å². The van der Waals surface area contributed by atoms with Crippen LogP contribution in [-0.2, 0) is 13.1 Å². The van der Waals surface area contributed by atoms with Crippen LogP contribution < -0.4 is 10.5 Å². The van der Waals surface area contributed by atoms with Gasteiger partial charge in [0.25, 0.3) is 5.56 Å². The summed E-state index contributed by atoms with van der Waals surface area (Å²) < 4.78 is 2.07. The normalized spacial score (nSPS) is 21.7. The molecule has 2 aromatic heterocycles. The SMILES string of the molecule is CSc1ccc(-c2ccc3n(c2=O)C[C@H]2C[C@@H]3C[NH+](Cc3cnc4ccccc4c3)C2)cc1. The Bertz CT molecular complexity index is 1380. The summed E-state index contributed by atoms with van der Waals surface area (Å²) in [6.45, 7) is 4.02. The first-order valence-corrected chi connectivity index (χ1v) is 13.0. The van der Waals surface area contributed by atoms with Gasteiger partial charge in [0.1, 0.15) is 6.54 Å². The Morgan fingerprint density at radius 1 is 1.06 bits per heavy atom. The Balaban J connectivity index is 1.25. The maximum atomic E-state index is 13.4. The van der Waals surface area contributed by atoms with Crippen LogP contribution in [0.3, 0.4) is 0 Å². The van der Waals surface area contributed by atoms with Gasteiger partial charge in [-0.05, 0) is 54.6 Å². The number of nitrogens with zero attached hydrogens (tertiary/aromatic N) is 2. The highest BCUT2D eigenvalue weighted by Crippen LogP contribution is 2.32. The highest BCUT2D eigenvalue weighted by molar-refractivity contribution is 7.98. The van der Waals surface area contributed by atoms with Gasteiger partial charge in [0, 0.05) is 51.7 Å². The van der Waals surface area contributed by atoms with Crippen LogP contribution in [0.15, 0.2) is 82.6 Å². The number of piperidine rings is 1. The Morgan fingerprint density at radius 3 is 2.76 bits per heavy atom. The van der Waals surface area contributed by atoms with E-state index in [1.165, 1.54) is 28.0 Å². The van der Waals surface area contributed by atoms with E-state index < -0.39 is 0 Å². The largest absolute Gasteiger partial charge is 0.330 e. The quantitative estimate of drug-likeness (QED) is 0.474. The second kappa shape index (κ2) is 8.47. The molecule has 5 heteroatoms. The number of likely N-dealkylation sites (tertiary alicyclic amines) is 1. The first-order valence-electron chi connectivity index (χ1n) is 11.7. The maximum absolute atomic E-state index is 13.4. The van der Waals surface area contributed by atoms with Crippen molar-refractivity contribution in [2.75, 3.05) is 19.3 Å². The fourth-order valence-electron chi connectivity index (χ4n) is 5.81. The third-order valence-electron chi connectivity index (χ3n) is 7.30. The van der Waals surface area contributed by atoms with Crippen LogP contribution in [-0.4, -0.2) is 28.9 Å². The molecule has 1 fully saturated rings. The lowest BCUT2D eigenvalue weighted by atomic mass is 9.82. The molecule has 2 aliphatic heterocycles. The van der Waals surface area contributed by atoms with E-state index in [4.69, 9.17) is 0 Å². The molecule has 0 spiro atoms. The van der Waals surface area contributed by atoms with Crippen LogP contribution in [0.2, 0.25) is 0 Å². The summed E-state index contributed by atoms with van der Waals surface area (Å²) in [4.78, 5) is 20.9. The van der Waals surface area contributed by atoms with E-state index in [1.54, 1.807) is 16.7 Å². The number of para-hydroxylation sites is 1. The molecule has 2 bridgehead atoms. The summed E-state index contributed by atoms with van der Waals surface area (Å²) >= 11 is 1.72. The fourth-order valence-corrected chi connectivity index (χ4v) is 6.21. The molecule has 4 aromatic rings. The highest BCUT2D eigenvalue weighted by atomic mass is 32.2. The Hall–Kier alpha value is -2.89. The van der Waals surface area contributed by atoms with Gasteiger partial charge in [-0.2, -0.15) is 0 Å². The lowest BCUT2D eigenvalue weighted by Gasteiger charge is -2.40. The zero-order chi connectivity index (χ0) is 22.4. The first-order chi connectivity index (χ1) is 16.2. The molecule has 1 N–H and O–H groups in total. The smallest absolute Gasteiger partial charge is 0.258 e. The topological polar surface area (TPSA) is 39.3 Å². The molecular weight excluding hydrogens is 426 g/mol. The molecule has 2 aromatic carbocycles. The van der Waals surface area contributed by atoms with Gasteiger partial charge in [-0.3, -0.25) is 9.78 Å². The van der Waals surface area contributed by atoms with E-state index in [0.29, 0.717) is 11.8 Å². The lowest BCUT2D eigenvalue weighted by molar-refractivity contribution is -0.924. The van der Waals surface area contributed by atoms with Crippen molar-refractivity contribution in [1.82, 2.24) is 9.55 Å². The molecule has 166 valence electrons. The summed E-state index contributed by atoms with van der Waals surface area (Å²) in [6, 6.07) is 23.2. The third-order valence-corrected chi connectivity index (χ3v) is 8.04. The number of rotatable bonds is 4. The summed E-state index contributed by atoms with van der Waals surface area (Å²) in [7, 11) is 0. The summed E-state index contributed by atoms with van der Waals surface area (Å²) in [5, 5.41) is 1.21. The van der Waals surface area contributed by atoms with E-state index in [0.717, 1.165) is 42.8 Å². The van der Waals surface area contributed by atoms with Gasteiger partial charge in [-0.25, -0.2) is 0 Å². The summed E-state index contributed by atoms with van der Waals surface area (Å²) in [5.41, 5.74) is 5.57. The molecule has 3 atom stereocenters. The second-order valence-electron chi connectivity index (χ2n) is 9.49. The molecule has 0 saturated carbocycles. The van der Waals surface area contributed by atoms with Crippen LogP contribution in [0.1, 0.15) is 23.6 Å². The minimum absolute atomic E-state index is 0.168. The molecular formula is C28H28N3OS+. The number of benzene rings is 2. The molecule has 4 nitrogen and oxygen atoms in total. The first kappa shape index (κ1) is 20.7. The zero-order valence-electron chi connectivity index (χ0n) is 18.8. The van der Waals surface area contributed by atoms with Gasteiger partial charge in [-0.1, -0.05) is 30.3 Å². The van der Waals surface area contributed by atoms with Crippen LogP contribution in [0.4, 0.5) is 0 Å². The zero-order valence-corrected chi connectivity index (χ0v) is 19.6. The Labute approximate surface area is 198 Å². The second-order valence-corrected chi connectivity index (χ2v) is 10.4. The maximum Gasteiger partial charge on any atom is 0.258 e. The van der Waals surface area contributed by atoms with Gasteiger partial charge in [0.05, 0.1) is 18.6 Å². The van der Waals surface area contributed by atoms with Gasteiger partial charge < -0.3 is 9.47 Å². The molecule has 33 heavy (non-hydrogen) atoms. The van der Waals surface area contributed by atoms with Crippen LogP contribution in [0.5, 0.6) is 0 Å². The third kappa shape index (κ3) is 3.90. The van der Waals surface area contributed by atoms with Crippen molar-refractivity contribution >= 4 is 22.7 Å².